The van der Waals surface area contributed by atoms with Gasteiger partial charge < -0.3 is 13.9 Å². The van der Waals surface area contributed by atoms with Gasteiger partial charge in [-0.2, -0.15) is 0 Å². The maximum Gasteiger partial charge on any atom is 0.145 e. The second-order valence-corrected chi connectivity index (χ2v) is 11.8. The molecule has 0 aliphatic rings. The van der Waals surface area contributed by atoms with Crippen molar-refractivity contribution >= 4 is 60.8 Å². The Balaban J connectivity index is 1.49. The summed E-state index contributed by atoms with van der Waals surface area (Å²) in [5.74, 6) is 0. The summed E-state index contributed by atoms with van der Waals surface area (Å²) in [4.78, 5) is 0.228. The molecular formula is C54H36N2O. The van der Waals surface area contributed by atoms with Crippen molar-refractivity contribution in [3.63, 3.8) is 0 Å². The Morgan fingerprint density at radius 1 is 0.386 bits per heavy atom. The summed E-state index contributed by atoms with van der Waals surface area (Å²) in [5.41, 5.74) is -15.0. The summed E-state index contributed by atoms with van der Waals surface area (Å²) >= 11 is 0. The van der Waals surface area contributed by atoms with Crippen LogP contribution in [-0.4, -0.2) is 4.57 Å². The van der Waals surface area contributed by atoms with Crippen molar-refractivity contribution in [3.05, 3.63) is 218 Å². The normalized spacial score (nSPS) is 20.4. The van der Waals surface area contributed by atoms with E-state index in [1.807, 2.05) is 0 Å². The Labute approximate surface area is 381 Å². The fourth-order valence-electron chi connectivity index (χ4n) is 6.28. The lowest BCUT2D eigenvalue weighted by atomic mass is 9.96. The van der Waals surface area contributed by atoms with E-state index < -0.39 is 317 Å². The molecule has 0 aliphatic heterocycles. The standard InChI is InChI=1S/C54H36N2O/c1-3-15-37(16-4-1)39-27-31-41(32-28-39)55(42-33-29-40(30-34-42)38-17-5-2-6-18-38)51-36-35-46-45-21-10-14-26-52(45)57-54(46)53(51)47-22-9-13-25-50(47)56-48-23-11-7-19-43(48)44-20-8-12-24-49(44)56/h1-36H/i1D,2D,3D,4D,5D,6D,7D,8D,9D,10D,11D,12D,13D,14D,15D,16D,17D,18D,19D,20D,21D,22D,23D,24D,25D,26D,27D,28D,29D,30D,31D,32D,33D,34D,35D,36D. The van der Waals surface area contributed by atoms with Gasteiger partial charge in [0.25, 0.3) is 0 Å². The first-order valence-corrected chi connectivity index (χ1v) is 16.5. The van der Waals surface area contributed by atoms with Gasteiger partial charge in [-0.1, -0.05) is 157 Å². The van der Waals surface area contributed by atoms with Crippen LogP contribution in [0.4, 0.5) is 17.1 Å². The molecule has 0 saturated carbocycles. The SMILES string of the molecule is [2H]c1c([2H])c([2H])c(-c2c([2H])c([2H])c(N(c3c([2H])c([2H])c(-c4c([2H])c([2H])c([2H])c([2H])c4[2H])c([2H])c3[2H])c3c([2H])c([2H])c4c(oc5c([2H])c([2H])c([2H])c([2H])c54)c3-c3c([2H])c([2H])c([2H])c([2H])c3-n3c4c([2H])c([2H])c([2H])c([2H])c4c4c([2H])c([2H])c([2H])c([2H])c43)c([2H])c2[2H])c([2H])c1[2H]. The summed E-state index contributed by atoms with van der Waals surface area (Å²) in [6.45, 7) is 0. The second kappa shape index (κ2) is 13.6. The molecule has 0 unspecified atom stereocenters. The number of benzene rings is 9. The maximum absolute atomic E-state index is 10.3. The average molecular weight is 765 g/mol. The van der Waals surface area contributed by atoms with E-state index in [-0.39, 0.29) is 4.90 Å². The van der Waals surface area contributed by atoms with Crippen molar-refractivity contribution in [1.82, 2.24) is 4.57 Å². The summed E-state index contributed by atoms with van der Waals surface area (Å²) in [6.07, 6.45) is 0. The minimum atomic E-state index is -1.44. The third kappa shape index (κ3) is 5.51. The number of rotatable bonds is 7. The van der Waals surface area contributed by atoms with Crippen molar-refractivity contribution < 1.29 is 53.8 Å². The Kier molecular flexibility index (Phi) is 3.03. The second-order valence-electron chi connectivity index (χ2n) is 11.8. The summed E-state index contributed by atoms with van der Waals surface area (Å²) in [5, 5.41) is -2.93. The number of hydrogen-bond acceptors (Lipinski definition) is 2. The minimum Gasteiger partial charge on any atom is -0.455 e. The van der Waals surface area contributed by atoms with Crippen LogP contribution in [0.5, 0.6) is 0 Å². The van der Waals surface area contributed by atoms with Gasteiger partial charge in [-0.3, -0.25) is 0 Å². The number of nitrogens with zero attached hydrogens (tertiary/aromatic N) is 2. The first-order chi connectivity index (χ1) is 43.3. The highest BCUT2D eigenvalue weighted by Crippen LogP contribution is 2.49. The lowest BCUT2D eigenvalue weighted by Gasteiger charge is -2.29. The highest BCUT2D eigenvalue weighted by Gasteiger charge is 2.25. The van der Waals surface area contributed by atoms with E-state index in [0.29, 0.717) is 4.57 Å². The van der Waals surface area contributed by atoms with Crippen LogP contribution in [-0.2, 0) is 0 Å². The van der Waals surface area contributed by atoms with Crippen LogP contribution in [0.1, 0.15) is 49.3 Å². The van der Waals surface area contributed by atoms with Crippen molar-refractivity contribution in [3.8, 4) is 39.1 Å². The summed E-state index contributed by atoms with van der Waals surface area (Å²) in [7, 11) is 0. The highest BCUT2D eigenvalue weighted by atomic mass is 16.3. The predicted molar refractivity (Wildman–Crippen MR) is 239 cm³/mol. The average Bonchev–Trinajstić information content (AvgIpc) is 1.62. The van der Waals surface area contributed by atoms with Crippen LogP contribution in [0.3, 0.4) is 0 Å². The van der Waals surface area contributed by atoms with Gasteiger partial charge in [0, 0.05) is 38.5 Å². The largest absolute Gasteiger partial charge is 0.455 e. The molecule has 2 heterocycles. The van der Waals surface area contributed by atoms with Crippen LogP contribution < -0.4 is 4.90 Å². The van der Waals surface area contributed by atoms with Gasteiger partial charge in [-0.25, -0.2) is 0 Å². The summed E-state index contributed by atoms with van der Waals surface area (Å²) in [6, 6.07) is -41.2. The quantitative estimate of drug-likeness (QED) is 0.161. The Morgan fingerprint density at radius 2 is 0.860 bits per heavy atom. The minimum absolute atomic E-state index is 0.228. The van der Waals surface area contributed by atoms with E-state index >= 15 is 0 Å². The number of para-hydroxylation sites is 4. The molecule has 9 aromatic carbocycles. The van der Waals surface area contributed by atoms with E-state index in [1.54, 1.807) is 0 Å². The molecule has 11 aromatic rings. The van der Waals surface area contributed by atoms with Crippen molar-refractivity contribution in [1.29, 1.82) is 0 Å². The number of aromatic nitrogens is 1. The van der Waals surface area contributed by atoms with Crippen molar-refractivity contribution in [2.75, 3.05) is 4.90 Å². The van der Waals surface area contributed by atoms with Crippen LogP contribution in [0.15, 0.2) is 222 Å². The molecule has 268 valence electrons. The van der Waals surface area contributed by atoms with Gasteiger partial charge in [0.2, 0.25) is 0 Å². The van der Waals surface area contributed by atoms with Gasteiger partial charge in [-0.05, 0) is 82.7 Å². The van der Waals surface area contributed by atoms with Gasteiger partial charge in [0.1, 0.15) is 11.2 Å². The molecule has 0 radical (unpaired) electrons. The maximum atomic E-state index is 10.3. The van der Waals surface area contributed by atoms with Crippen LogP contribution >= 0.6 is 0 Å². The molecule has 3 heteroatoms. The predicted octanol–water partition coefficient (Wildman–Crippen LogP) is 15.2. The van der Waals surface area contributed by atoms with Crippen LogP contribution in [0.25, 0.3) is 82.8 Å². The van der Waals surface area contributed by atoms with Crippen molar-refractivity contribution in [2.45, 2.75) is 0 Å². The molecule has 0 atom stereocenters. The topological polar surface area (TPSA) is 21.3 Å². The first kappa shape index (κ1) is 12.7. The number of fused-ring (bicyclic) bond motifs is 6. The third-order valence-corrected chi connectivity index (χ3v) is 8.67. The lowest BCUT2D eigenvalue weighted by molar-refractivity contribution is 0.670. The summed E-state index contributed by atoms with van der Waals surface area (Å²) < 4.78 is 336. The van der Waals surface area contributed by atoms with Gasteiger partial charge in [-0.15, -0.1) is 0 Å². The zero-order valence-electron chi connectivity index (χ0n) is 64.3. The number of hydrogen-bond donors (Lipinski definition) is 0. The van der Waals surface area contributed by atoms with Gasteiger partial charge in [0.15, 0.2) is 0 Å². The molecule has 0 bridgehead atoms. The molecule has 3 nitrogen and oxygen atoms in total. The fraction of sp³-hybridized carbons (Fsp3) is 0. The highest BCUT2D eigenvalue weighted by molar-refractivity contribution is 6.15. The Morgan fingerprint density at radius 3 is 1.46 bits per heavy atom. The first-order valence-electron chi connectivity index (χ1n) is 34.5. The Bertz CT molecular complexity index is 5030. The molecule has 0 N–H and O–H groups in total. The molecular weight excluding hydrogens is 693 g/mol. The zero-order valence-corrected chi connectivity index (χ0v) is 28.3. The smallest absolute Gasteiger partial charge is 0.145 e. The molecule has 0 aliphatic carbocycles. The third-order valence-electron chi connectivity index (χ3n) is 8.67. The zero-order chi connectivity index (χ0) is 69.0. The molecule has 0 amide bonds. The van der Waals surface area contributed by atoms with E-state index in [2.05, 4.69) is 0 Å². The van der Waals surface area contributed by atoms with E-state index in [1.165, 1.54) is 0 Å². The number of furan rings is 1. The molecule has 0 spiro atoms. The lowest BCUT2D eigenvalue weighted by Crippen LogP contribution is -2.12. The van der Waals surface area contributed by atoms with Crippen molar-refractivity contribution in [2.24, 2.45) is 0 Å². The van der Waals surface area contributed by atoms with Gasteiger partial charge in [0.05, 0.1) is 77.3 Å². The van der Waals surface area contributed by atoms with E-state index in [9.17, 15) is 21.9 Å². The number of anilines is 3. The van der Waals surface area contributed by atoms with E-state index in [0.717, 1.165) is 0 Å². The molecule has 0 saturated heterocycles. The monoisotopic (exact) mass is 765 g/mol. The van der Waals surface area contributed by atoms with Crippen LogP contribution in [0.2, 0.25) is 0 Å². The Hall–Kier alpha value is -7.62. The fourth-order valence-corrected chi connectivity index (χ4v) is 6.28. The van der Waals surface area contributed by atoms with E-state index in [4.69, 9.17) is 31.8 Å². The molecule has 57 heavy (non-hydrogen) atoms. The molecule has 0 fully saturated rings. The van der Waals surface area contributed by atoms with Crippen LogP contribution in [0, 0.1) is 0 Å². The van der Waals surface area contributed by atoms with Gasteiger partial charge >= 0.3 is 0 Å². The molecule has 2 aromatic heterocycles. The molecule has 11 rings (SSSR count).